The summed E-state index contributed by atoms with van der Waals surface area (Å²) in [7, 11) is 0. The number of aliphatic hydroxyl groups excluding tert-OH is 2. The van der Waals surface area contributed by atoms with Gasteiger partial charge in [0, 0.05) is 35.5 Å². The molecule has 3 aliphatic rings. The van der Waals surface area contributed by atoms with E-state index in [4.69, 9.17) is 14.2 Å². The summed E-state index contributed by atoms with van der Waals surface area (Å²) >= 11 is 0. The largest absolute Gasteiger partial charge is 1.00 e. The second-order valence-electron chi connectivity index (χ2n) is 12.9. The van der Waals surface area contributed by atoms with Crippen LogP contribution in [0.2, 0.25) is 0 Å². The zero-order valence-electron chi connectivity index (χ0n) is 28.9. The van der Waals surface area contributed by atoms with Crippen LogP contribution in [0.3, 0.4) is 0 Å². The molecule has 4 aromatic rings. The van der Waals surface area contributed by atoms with Gasteiger partial charge in [-0.25, -0.2) is 26.3 Å². The molecule has 51 heavy (non-hydrogen) atoms. The molecule has 1 fully saturated rings. The number of benzene rings is 4. The minimum Gasteiger partial charge on any atom is -0.850 e. The maximum Gasteiger partial charge on any atom is 1.00 e. The first-order valence-corrected chi connectivity index (χ1v) is 15.9. The van der Waals surface area contributed by atoms with E-state index < -0.39 is 64.0 Å². The Labute approximate surface area is 335 Å². The molecule has 0 unspecified atom stereocenters. The van der Waals surface area contributed by atoms with Crippen molar-refractivity contribution in [2.24, 2.45) is 0 Å². The SMILES string of the molecule is C1CCOC1.CC(C)(C)[O-].Fc1cccc2c1C1(CO2)COc2cccc(F)c21.OCC(CO)(c1c(F)cccc1F)c1c(F)cccc1F.[K+]. The third kappa shape index (κ3) is 9.75. The van der Waals surface area contributed by atoms with E-state index >= 15 is 0 Å². The van der Waals surface area contributed by atoms with Crippen molar-refractivity contribution >= 4 is 0 Å². The summed E-state index contributed by atoms with van der Waals surface area (Å²) in [6, 6.07) is 15.0. The number of aliphatic hydroxyl groups is 2. The molecule has 0 bridgehead atoms. The molecule has 3 aliphatic heterocycles. The van der Waals surface area contributed by atoms with Crippen molar-refractivity contribution in [2.75, 3.05) is 39.6 Å². The first-order chi connectivity index (χ1) is 23.7. The summed E-state index contributed by atoms with van der Waals surface area (Å²) in [6.07, 6.45) is 2.56. The standard InChI is InChI=1S/C15H12F4O2.C15H10F2O2.C4H8O.C4H9O.K/c16-9-3-1-4-10(17)13(9)15(7-20,8-21)14-11(18)5-2-6-12(14)19;16-9-3-1-5-11-13(9)15(7-18-11)8-19-12-6-2-4-10(17)14(12)15;1-2-4-5-3-1;1-4(2,3)5;/h1-6,20-21H,7-8H2;1-6H,7-8H2;1-4H2;1-3H3;/q;;;-1;+1. The monoisotopic (exact) mass is 744 g/mol. The Morgan fingerprint density at radius 1 is 0.608 bits per heavy atom. The van der Waals surface area contributed by atoms with E-state index in [1.165, 1.54) is 25.0 Å². The molecule has 270 valence electrons. The predicted octanol–water partition coefficient (Wildman–Crippen LogP) is 3.50. The number of hydrogen-bond acceptors (Lipinski definition) is 6. The van der Waals surface area contributed by atoms with Gasteiger partial charge in [-0.2, -0.15) is 0 Å². The number of halogens is 6. The van der Waals surface area contributed by atoms with E-state index in [1.807, 2.05) is 0 Å². The van der Waals surface area contributed by atoms with Crippen molar-refractivity contribution in [3.8, 4) is 11.5 Å². The molecular formula is C38H39F6KO6. The molecule has 1 spiro atoms. The minimum atomic E-state index is -2.26. The van der Waals surface area contributed by atoms with Crippen LogP contribution in [0, 0.1) is 34.9 Å². The molecule has 13 heteroatoms. The van der Waals surface area contributed by atoms with Gasteiger partial charge in [-0.3, -0.25) is 0 Å². The summed E-state index contributed by atoms with van der Waals surface area (Å²) in [6.45, 7) is 5.17. The van der Waals surface area contributed by atoms with Crippen LogP contribution in [0.1, 0.15) is 55.9 Å². The van der Waals surface area contributed by atoms with Crippen LogP contribution in [0.15, 0.2) is 72.8 Å². The van der Waals surface area contributed by atoms with Gasteiger partial charge in [0.25, 0.3) is 0 Å². The quantitative estimate of drug-likeness (QED) is 0.246. The summed E-state index contributed by atoms with van der Waals surface area (Å²) in [4.78, 5) is 0. The maximum absolute atomic E-state index is 14.2. The average Bonchev–Trinajstić information content (AvgIpc) is 3.83. The van der Waals surface area contributed by atoms with Gasteiger partial charge < -0.3 is 29.5 Å². The molecule has 3 heterocycles. The Kier molecular flexibility index (Phi) is 15.6. The Morgan fingerprint density at radius 3 is 1.22 bits per heavy atom. The fourth-order valence-electron chi connectivity index (χ4n) is 5.95. The van der Waals surface area contributed by atoms with Crippen LogP contribution < -0.4 is 66.0 Å². The van der Waals surface area contributed by atoms with E-state index in [-0.39, 0.29) is 76.2 Å². The van der Waals surface area contributed by atoms with Crippen LogP contribution in [-0.4, -0.2) is 55.5 Å². The Bertz CT molecular complexity index is 1590. The first kappa shape index (κ1) is 42.9. The van der Waals surface area contributed by atoms with Crippen molar-refractivity contribution in [2.45, 2.75) is 50.0 Å². The number of hydrogen-bond donors (Lipinski definition) is 2. The normalized spacial score (nSPS) is 15.0. The van der Waals surface area contributed by atoms with E-state index in [0.717, 1.165) is 49.6 Å². The zero-order valence-corrected chi connectivity index (χ0v) is 32.0. The van der Waals surface area contributed by atoms with E-state index in [1.54, 1.807) is 45.0 Å². The van der Waals surface area contributed by atoms with Gasteiger partial charge in [0.1, 0.15) is 65.0 Å². The molecular weight excluding hydrogens is 705 g/mol. The smallest absolute Gasteiger partial charge is 0.850 e. The van der Waals surface area contributed by atoms with E-state index in [0.29, 0.717) is 22.6 Å². The summed E-state index contributed by atoms with van der Waals surface area (Å²) in [5.41, 5.74) is -4.62. The van der Waals surface area contributed by atoms with Gasteiger partial charge in [0.2, 0.25) is 0 Å². The molecule has 7 rings (SSSR count). The van der Waals surface area contributed by atoms with Gasteiger partial charge in [-0.1, -0.05) is 45.0 Å². The van der Waals surface area contributed by atoms with Crippen LogP contribution in [0.4, 0.5) is 26.3 Å². The van der Waals surface area contributed by atoms with Crippen molar-refractivity contribution in [1.82, 2.24) is 0 Å². The molecule has 0 radical (unpaired) electrons. The Hall–Kier alpha value is -2.46. The Balaban J connectivity index is 0.000000214. The van der Waals surface area contributed by atoms with Gasteiger partial charge >= 0.3 is 51.4 Å². The van der Waals surface area contributed by atoms with Gasteiger partial charge in [0.05, 0.1) is 18.6 Å². The molecule has 0 aliphatic carbocycles. The summed E-state index contributed by atoms with van der Waals surface area (Å²) < 4.78 is 100. The molecule has 6 nitrogen and oxygen atoms in total. The first-order valence-electron chi connectivity index (χ1n) is 15.9. The number of fused-ring (bicyclic) bond motifs is 4. The topological polar surface area (TPSA) is 91.2 Å². The maximum atomic E-state index is 14.2. The minimum absolute atomic E-state index is 0. The van der Waals surface area contributed by atoms with E-state index in [9.17, 15) is 41.7 Å². The molecule has 1 saturated heterocycles. The van der Waals surface area contributed by atoms with E-state index in [2.05, 4.69) is 0 Å². The van der Waals surface area contributed by atoms with Gasteiger partial charge in [-0.15, -0.1) is 5.60 Å². The third-order valence-corrected chi connectivity index (χ3v) is 8.11. The number of ether oxygens (including phenoxy) is 3. The van der Waals surface area contributed by atoms with Crippen molar-refractivity contribution in [3.63, 3.8) is 0 Å². The summed E-state index contributed by atoms with van der Waals surface area (Å²) in [5, 5.41) is 29.2. The second kappa shape index (κ2) is 18.5. The molecule has 4 aromatic carbocycles. The molecule has 0 amide bonds. The van der Waals surface area contributed by atoms with Crippen LogP contribution in [0.25, 0.3) is 0 Å². The summed E-state index contributed by atoms with van der Waals surface area (Å²) in [5.74, 6) is -4.26. The fraction of sp³-hybridized carbons (Fsp3) is 0.368. The molecule has 2 N–H and O–H groups in total. The molecule has 0 aromatic heterocycles. The van der Waals surface area contributed by atoms with Crippen molar-refractivity contribution in [1.29, 1.82) is 0 Å². The second-order valence-corrected chi connectivity index (χ2v) is 12.9. The van der Waals surface area contributed by atoms with Crippen LogP contribution in [-0.2, 0) is 15.6 Å². The predicted molar refractivity (Wildman–Crippen MR) is 172 cm³/mol. The number of rotatable bonds is 4. The van der Waals surface area contributed by atoms with Gasteiger partial charge in [0.15, 0.2) is 0 Å². The van der Waals surface area contributed by atoms with Crippen LogP contribution >= 0.6 is 0 Å². The third-order valence-electron chi connectivity index (χ3n) is 8.11. The van der Waals surface area contributed by atoms with Gasteiger partial charge in [-0.05, 0) is 61.4 Å². The molecule has 0 atom stereocenters. The zero-order chi connectivity index (χ0) is 36.7. The Morgan fingerprint density at radius 2 is 0.922 bits per heavy atom. The van der Waals surface area contributed by atoms with Crippen molar-refractivity contribution < 1.29 is 107 Å². The van der Waals surface area contributed by atoms with Crippen molar-refractivity contribution in [3.05, 3.63) is 130 Å². The average molecular weight is 745 g/mol. The fourth-order valence-corrected chi connectivity index (χ4v) is 5.95. The van der Waals surface area contributed by atoms with Crippen LogP contribution in [0.5, 0.6) is 11.5 Å². The molecule has 0 saturated carbocycles.